The van der Waals surface area contributed by atoms with E-state index in [-0.39, 0.29) is 12.2 Å². The van der Waals surface area contributed by atoms with Crippen molar-refractivity contribution in [2.75, 3.05) is 0 Å². The van der Waals surface area contributed by atoms with E-state index in [0.717, 1.165) is 35.9 Å². The number of hydrogen-bond donors (Lipinski definition) is 1. The Kier molecular flexibility index (Phi) is 6.01. The van der Waals surface area contributed by atoms with Gasteiger partial charge in [-0.3, -0.25) is 0 Å². The molecule has 0 saturated carbocycles. The summed E-state index contributed by atoms with van der Waals surface area (Å²) in [4.78, 5) is 27.2. The first-order valence-electron chi connectivity index (χ1n) is 6.85. The lowest BCUT2D eigenvalue weighted by Gasteiger charge is -2.05. The number of halogens is 2. The first kappa shape index (κ1) is 17.1. The minimum Gasteiger partial charge on any atom is -0.443 e. The Morgan fingerprint density at radius 1 is 1.08 bits per heavy atom. The number of benzene rings is 2. The van der Waals surface area contributed by atoms with Gasteiger partial charge in [-0.05, 0) is 29.8 Å². The number of ether oxygens (including phenoxy) is 1. The minimum atomic E-state index is -0.977. The molecule has 0 unspecified atom stereocenters. The number of carbonyl (C=O) groups excluding carboxylic acids is 2. The Hall–Kier alpha value is -3.22. The van der Waals surface area contributed by atoms with E-state index in [2.05, 4.69) is 4.84 Å². The quantitative estimate of drug-likeness (QED) is 0.688. The predicted molar refractivity (Wildman–Crippen MR) is 81.2 cm³/mol. The summed E-state index contributed by atoms with van der Waals surface area (Å²) in [6.45, 7) is 0.00850. The van der Waals surface area contributed by atoms with Crippen molar-refractivity contribution in [2.24, 2.45) is 0 Å². The molecular weight excluding hydrogens is 320 g/mol. The summed E-state index contributed by atoms with van der Waals surface area (Å²) in [7, 11) is 0. The molecule has 0 saturated heterocycles. The van der Waals surface area contributed by atoms with Crippen molar-refractivity contribution in [1.82, 2.24) is 5.48 Å². The summed E-state index contributed by atoms with van der Waals surface area (Å²) >= 11 is 0. The fourth-order valence-electron chi connectivity index (χ4n) is 1.68. The molecule has 5 nitrogen and oxygen atoms in total. The van der Waals surface area contributed by atoms with Crippen molar-refractivity contribution in [3.63, 3.8) is 0 Å². The topological polar surface area (TPSA) is 64.6 Å². The molecule has 0 spiro atoms. The number of nitrogens with one attached hydrogen (secondary N) is 1. The van der Waals surface area contributed by atoms with Gasteiger partial charge in [0.05, 0.1) is 0 Å². The molecular formula is C17H13F2NO4. The van der Waals surface area contributed by atoms with Crippen LogP contribution in [0.3, 0.4) is 0 Å². The number of rotatable bonds is 4. The largest absolute Gasteiger partial charge is 0.443 e. The highest BCUT2D eigenvalue weighted by Gasteiger charge is 2.06. The third kappa shape index (κ3) is 5.53. The van der Waals surface area contributed by atoms with Crippen molar-refractivity contribution in [1.29, 1.82) is 0 Å². The zero-order valence-electron chi connectivity index (χ0n) is 12.4. The lowest BCUT2D eigenvalue weighted by molar-refractivity contribution is -0.143. The first-order valence-corrected chi connectivity index (χ1v) is 6.85. The van der Waals surface area contributed by atoms with Gasteiger partial charge in [-0.25, -0.2) is 18.4 Å². The van der Waals surface area contributed by atoms with E-state index >= 15 is 0 Å². The summed E-state index contributed by atoms with van der Waals surface area (Å²) in [5.41, 5.74) is 2.42. The van der Waals surface area contributed by atoms with E-state index in [0.29, 0.717) is 0 Å². The lowest BCUT2D eigenvalue weighted by Crippen LogP contribution is -2.26. The zero-order chi connectivity index (χ0) is 17.4. The van der Waals surface area contributed by atoms with Crippen LogP contribution >= 0.6 is 0 Å². The Labute approximate surface area is 136 Å². The van der Waals surface area contributed by atoms with Crippen molar-refractivity contribution >= 4 is 18.1 Å². The predicted octanol–water partition coefficient (Wildman–Crippen LogP) is 3.36. The molecule has 0 radical (unpaired) electrons. The fourth-order valence-corrected chi connectivity index (χ4v) is 1.68. The molecule has 0 heterocycles. The Bertz CT molecular complexity index is 748. The minimum absolute atomic E-state index is 0.00850. The second-order valence-corrected chi connectivity index (χ2v) is 4.58. The van der Waals surface area contributed by atoms with Crippen LogP contribution < -0.4 is 5.48 Å². The normalized spacial score (nSPS) is 10.4. The van der Waals surface area contributed by atoms with E-state index in [1.165, 1.54) is 0 Å². The van der Waals surface area contributed by atoms with E-state index in [4.69, 9.17) is 4.74 Å². The van der Waals surface area contributed by atoms with Gasteiger partial charge >= 0.3 is 12.1 Å². The summed E-state index contributed by atoms with van der Waals surface area (Å²) in [6, 6.07) is 11.7. The van der Waals surface area contributed by atoms with Crippen LogP contribution in [0.15, 0.2) is 54.6 Å². The summed E-state index contributed by atoms with van der Waals surface area (Å²) in [5.74, 6) is -2.32. The fraction of sp³-hybridized carbons (Fsp3) is 0.0588. The smallest absolute Gasteiger partial charge is 0.441 e. The zero-order valence-corrected chi connectivity index (χ0v) is 12.4. The molecule has 0 atom stereocenters. The third-order valence-electron chi connectivity index (χ3n) is 2.80. The molecule has 2 rings (SSSR count). The van der Waals surface area contributed by atoms with E-state index in [1.807, 2.05) is 6.07 Å². The highest BCUT2D eigenvalue weighted by Crippen LogP contribution is 2.11. The van der Waals surface area contributed by atoms with Gasteiger partial charge < -0.3 is 9.57 Å². The third-order valence-corrected chi connectivity index (χ3v) is 2.80. The van der Waals surface area contributed by atoms with Gasteiger partial charge in [-0.1, -0.05) is 30.3 Å². The maximum atomic E-state index is 13.3. The molecule has 2 aromatic rings. The molecule has 0 fully saturated rings. The second kappa shape index (κ2) is 8.42. The molecule has 2 aromatic carbocycles. The standard InChI is InChI=1S/C17H13F2NO4/c18-14-7-8-15(19)13(10-14)6-9-16(21)24-20-17(22)23-11-12-4-2-1-3-5-12/h1-10H,11H2,(H,20,22). The molecule has 0 aliphatic carbocycles. The van der Waals surface area contributed by atoms with E-state index < -0.39 is 23.7 Å². The number of amides is 1. The average Bonchev–Trinajstić information content (AvgIpc) is 2.59. The van der Waals surface area contributed by atoms with Crippen LogP contribution in [-0.2, 0) is 21.0 Å². The van der Waals surface area contributed by atoms with Crippen molar-refractivity contribution < 1.29 is 27.9 Å². The molecule has 0 bridgehead atoms. The number of hydroxylamine groups is 1. The highest BCUT2D eigenvalue weighted by molar-refractivity contribution is 5.87. The summed E-state index contributed by atoms with van der Waals surface area (Å²) < 4.78 is 31.1. The Morgan fingerprint density at radius 3 is 2.58 bits per heavy atom. The van der Waals surface area contributed by atoms with Gasteiger partial charge in [0.1, 0.15) is 18.2 Å². The highest BCUT2D eigenvalue weighted by atomic mass is 19.1. The maximum Gasteiger partial charge on any atom is 0.441 e. The van der Waals surface area contributed by atoms with Crippen LogP contribution in [0.5, 0.6) is 0 Å². The Morgan fingerprint density at radius 2 is 1.83 bits per heavy atom. The monoisotopic (exact) mass is 333 g/mol. The SMILES string of the molecule is O=C(C=Cc1cc(F)ccc1F)ONC(=O)OCc1ccccc1. The number of carbonyl (C=O) groups is 2. The molecule has 0 aliphatic heterocycles. The van der Waals surface area contributed by atoms with Crippen LogP contribution in [0.2, 0.25) is 0 Å². The van der Waals surface area contributed by atoms with Gasteiger partial charge in [0, 0.05) is 11.6 Å². The summed E-state index contributed by atoms with van der Waals surface area (Å²) in [6.07, 6.45) is 0.908. The maximum absolute atomic E-state index is 13.3. The van der Waals surface area contributed by atoms with Crippen molar-refractivity contribution in [3.8, 4) is 0 Å². The van der Waals surface area contributed by atoms with Crippen LogP contribution in [-0.4, -0.2) is 12.1 Å². The van der Waals surface area contributed by atoms with Crippen molar-refractivity contribution in [3.05, 3.63) is 77.4 Å². The molecule has 1 amide bonds. The first-order chi connectivity index (χ1) is 11.5. The van der Waals surface area contributed by atoms with Crippen LogP contribution in [0, 0.1) is 11.6 Å². The molecule has 124 valence electrons. The number of hydrogen-bond acceptors (Lipinski definition) is 4. The average molecular weight is 333 g/mol. The van der Waals surface area contributed by atoms with Crippen LogP contribution in [0.25, 0.3) is 6.08 Å². The van der Waals surface area contributed by atoms with Crippen molar-refractivity contribution in [2.45, 2.75) is 6.61 Å². The van der Waals surface area contributed by atoms with Gasteiger partial charge in [-0.2, -0.15) is 0 Å². The molecule has 0 aromatic heterocycles. The van der Waals surface area contributed by atoms with Crippen LogP contribution in [0.4, 0.5) is 13.6 Å². The molecule has 0 aliphatic rings. The molecule has 24 heavy (non-hydrogen) atoms. The van der Waals surface area contributed by atoms with E-state index in [9.17, 15) is 18.4 Å². The molecule has 1 N–H and O–H groups in total. The lowest BCUT2D eigenvalue weighted by atomic mass is 10.2. The van der Waals surface area contributed by atoms with Gasteiger partial charge in [0.25, 0.3) is 0 Å². The van der Waals surface area contributed by atoms with Gasteiger partial charge in [0.15, 0.2) is 0 Å². The van der Waals surface area contributed by atoms with Gasteiger partial charge in [0.2, 0.25) is 0 Å². The summed E-state index contributed by atoms with van der Waals surface area (Å²) in [5, 5.41) is 0. The van der Waals surface area contributed by atoms with E-state index in [1.54, 1.807) is 29.7 Å². The van der Waals surface area contributed by atoms with Crippen LogP contribution in [0.1, 0.15) is 11.1 Å². The Balaban J connectivity index is 1.77. The molecule has 7 heteroatoms. The second-order valence-electron chi connectivity index (χ2n) is 4.58. The van der Waals surface area contributed by atoms with Gasteiger partial charge in [-0.15, -0.1) is 5.48 Å².